The van der Waals surface area contributed by atoms with Crippen molar-refractivity contribution in [2.75, 3.05) is 31.7 Å². The van der Waals surface area contributed by atoms with Crippen molar-refractivity contribution in [2.45, 2.75) is 19.1 Å². The van der Waals surface area contributed by atoms with Gasteiger partial charge < -0.3 is 30.2 Å². The topological polar surface area (TPSA) is 103 Å². The van der Waals surface area contributed by atoms with Crippen LogP contribution in [0, 0.1) is 5.82 Å². The molecular formula is C21H23ClFN3O5. The molecule has 0 saturated carbocycles. The number of hydrogen-bond donors (Lipinski definition) is 2. The number of benzene rings is 2. The lowest BCUT2D eigenvalue weighted by Crippen LogP contribution is -2.53. The van der Waals surface area contributed by atoms with Crippen LogP contribution >= 0.6 is 11.6 Å². The van der Waals surface area contributed by atoms with Crippen molar-refractivity contribution in [2.24, 2.45) is 5.73 Å². The maximum Gasteiger partial charge on any atom is 0.316 e. The van der Waals surface area contributed by atoms with Crippen molar-refractivity contribution in [3.8, 4) is 11.5 Å². The van der Waals surface area contributed by atoms with E-state index in [0.717, 1.165) is 0 Å². The average Bonchev–Trinajstić information content (AvgIpc) is 2.73. The van der Waals surface area contributed by atoms with E-state index in [4.69, 9.17) is 31.5 Å². The zero-order valence-corrected chi connectivity index (χ0v) is 17.6. The van der Waals surface area contributed by atoms with E-state index in [1.54, 1.807) is 17.0 Å². The molecule has 2 aromatic carbocycles. The average molecular weight is 452 g/mol. The van der Waals surface area contributed by atoms with E-state index in [2.05, 4.69) is 5.32 Å². The minimum absolute atomic E-state index is 0.147. The van der Waals surface area contributed by atoms with E-state index in [1.807, 2.05) is 6.92 Å². The highest BCUT2D eigenvalue weighted by atomic mass is 35.5. The van der Waals surface area contributed by atoms with Crippen molar-refractivity contribution in [3.05, 3.63) is 53.3 Å². The van der Waals surface area contributed by atoms with Gasteiger partial charge in [0.05, 0.1) is 24.9 Å². The van der Waals surface area contributed by atoms with E-state index in [0.29, 0.717) is 23.9 Å². The molecule has 0 unspecified atom stereocenters. The van der Waals surface area contributed by atoms with Crippen molar-refractivity contribution in [3.63, 3.8) is 0 Å². The maximum absolute atomic E-state index is 13.0. The van der Waals surface area contributed by atoms with Crippen molar-refractivity contribution < 1.29 is 28.2 Å². The van der Waals surface area contributed by atoms with Gasteiger partial charge in [-0.05, 0) is 49.4 Å². The van der Waals surface area contributed by atoms with E-state index in [9.17, 15) is 14.0 Å². The van der Waals surface area contributed by atoms with Crippen LogP contribution in [-0.4, -0.2) is 55.3 Å². The van der Waals surface area contributed by atoms with Gasteiger partial charge >= 0.3 is 6.03 Å². The van der Waals surface area contributed by atoms with Gasteiger partial charge in [-0.1, -0.05) is 11.6 Å². The molecule has 1 aliphatic rings. The highest BCUT2D eigenvalue weighted by Crippen LogP contribution is 2.28. The summed E-state index contributed by atoms with van der Waals surface area (Å²) in [6.45, 7) is 2.51. The summed E-state index contributed by atoms with van der Waals surface area (Å²) in [6.07, 6.45) is -0.340. The molecule has 3 amide bonds. The number of carbonyl (C=O) groups is 2. The van der Waals surface area contributed by atoms with E-state index in [1.165, 1.54) is 30.3 Å². The maximum atomic E-state index is 13.0. The van der Waals surface area contributed by atoms with E-state index in [-0.39, 0.29) is 48.5 Å². The predicted molar refractivity (Wildman–Crippen MR) is 113 cm³/mol. The number of nitrogens with zero attached hydrogens (tertiary/aromatic N) is 1. The highest BCUT2D eigenvalue weighted by molar-refractivity contribution is 6.31. The lowest BCUT2D eigenvalue weighted by molar-refractivity contribution is -0.147. The minimum atomic E-state index is -0.774. The Labute approximate surface area is 184 Å². The second-order valence-corrected chi connectivity index (χ2v) is 7.47. The second kappa shape index (κ2) is 10.3. The Morgan fingerprint density at radius 3 is 2.71 bits per heavy atom. The molecule has 0 radical (unpaired) electrons. The Morgan fingerprint density at radius 2 is 2.00 bits per heavy atom. The molecule has 166 valence electrons. The molecule has 1 fully saturated rings. The first-order valence-electron chi connectivity index (χ1n) is 9.60. The quantitative estimate of drug-likeness (QED) is 0.673. The molecular weight excluding hydrogens is 429 g/mol. The number of amides is 3. The fraction of sp³-hybridized carbons (Fsp3) is 0.333. The molecule has 0 spiro atoms. The van der Waals surface area contributed by atoms with Gasteiger partial charge in [-0.3, -0.25) is 4.79 Å². The summed E-state index contributed by atoms with van der Waals surface area (Å²) in [5.74, 6) is 0.194. The summed E-state index contributed by atoms with van der Waals surface area (Å²) >= 11 is 5.93. The van der Waals surface area contributed by atoms with Gasteiger partial charge in [-0.15, -0.1) is 0 Å². The SMILES string of the molecule is C[C@@H]1CO[C@H](COc2ccc(F)cc2)CN1C(=O)COc1ccc(Cl)cc1NC(N)=O. The first kappa shape index (κ1) is 22.6. The number of halogens is 2. The van der Waals surface area contributed by atoms with Gasteiger partial charge in [0.1, 0.15) is 30.0 Å². The molecule has 0 aromatic heterocycles. The van der Waals surface area contributed by atoms with Crippen LogP contribution in [0.4, 0.5) is 14.9 Å². The number of anilines is 1. The molecule has 2 atom stereocenters. The van der Waals surface area contributed by atoms with Crippen LogP contribution in [-0.2, 0) is 9.53 Å². The van der Waals surface area contributed by atoms with Gasteiger partial charge in [0, 0.05) is 5.02 Å². The second-order valence-electron chi connectivity index (χ2n) is 7.03. The molecule has 2 aromatic rings. The van der Waals surface area contributed by atoms with Crippen LogP contribution in [0.15, 0.2) is 42.5 Å². The van der Waals surface area contributed by atoms with Crippen molar-refractivity contribution in [1.29, 1.82) is 0 Å². The number of nitrogens with two attached hydrogens (primary N) is 1. The summed E-state index contributed by atoms with van der Waals surface area (Å²) in [4.78, 5) is 25.6. The predicted octanol–water partition coefficient (Wildman–Crippen LogP) is 3.04. The smallest absolute Gasteiger partial charge is 0.316 e. The summed E-state index contributed by atoms with van der Waals surface area (Å²) in [5, 5.41) is 2.80. The Morgan fingerprint density at radius 1 is 1.26 bits per heavy atom. The lowest BCUT2D eigenvalue weighted by Gasteiger charge is -2.37. The molecule has 1 heterocycles. The number of carbonyl (C=O) groups excluding carboxylic acids is 2. The first-order valence-corrected chi connectivity index (χ1v) is 9.98. The first-order chi connectivity index (χ1) is 14.8. The van der Waals surface area contributed by atoms with Crippen molar-refractivity contribution >= 4 is 29.2 Å². The number of primary amides is 1. The van der Waals surface area contributed by atoms with Crippen LogP contribution < -0.4 is 20.5 Å². The van der Waals surface area contributed by atoms with Crippen LogP contribution in [0.1, 0.15) is 6.92 Å². The Hall–Kier alpha value is -3.04. The normalized spacial score (nSPS) is 18.4. The standard InChI is InChI=1S/C21H23ClFN3O5/c1-13-10-29-17(11-30-16-5-3-15(23)4-6-16)9-26(13)20(27)12-31-19-7-2-14(22)8-18(19)25-21(24)28/h2-8,13,17H,9-12H2,1H3,(H3,24,25,28)/t13-,17+/m1/s1. The summed E-state index contributed by atoms with van der Waals surface area (Å²) in [5.41, 5.74) is 5.43. The van der Waals surface area contributed by atoms with Crippen LogP contribution in [0.5, 0.6) is 11.5 Å². The number of ether oxygens (including phenoxy) is 3. The monoisotopic (exact) mass is 451 g/mol. The van der Waals surface area contributed by atoms with Crippen molar-refractivity contribution in [1.82, 2.24) is 4.90 Å². The zero-order valence-electron chi connectivity index (χ0n) is 16.8. The molecule has 3 rings (SSSR count). The van der Waals surface area contributed by atoms with Gasteiger partial charge in [-0.25, -0.2) is 9.18 Å². The molecule has 8 nitrogen and oxygen atoms in total. The summed E-state index contributed by atoms with van der Waals surface area (Å²) in [6, 6.07) is 9.36. The third kappa shape index (κ3) is 6.47. The fourth-order valence-corrected chi connectivity index (χ4v) is 3.24. The van der Waals surface area contributed by atoms with Crippen LogP contribution in [0.2, 0.25) is 5.02 Å². The number of nitrogens with one attached hydrogen (secondary N) is 1. The largest absolute Gasteiger partial charge is 0.491 e. The number of rotatable bonds is 7. The lowest BCUT2D eigenvalue weighted by atomic mass is 10.2. The number of morpholine rings is 1. The van der Waals surface area contributed by atoms with Gasteiger partial charge in [-0.2, -0.15) is 0 Å². The Kier molecular flexibility index (Phi) is 7.54. The molecule has 3 N–H and O–H groups in total. The zero-order chi connectivity index (χ0) is 22.4. The van der Waals surface area contributed by atoms with Gasteiger partial charge in [0.15, 0.2) is 6.61 Å². The molecule has 10 heteroatoms. The minimum Gasteiger partial charge on any atom is -0.491 e. The molecule has 0 aliphatic carbocycles. The van der Waals surface area contributed by atoms with E-state index >= 15 is 0 Å². The Bertz CT molecular complexity index is 928. The van der Waals surface area contributed by atoms with Crippen LogP contribution in [0.25, 0.3) is 0 Å². The third-order valence-electron chi connectivity index (χ3n) is 4.63. The highest BCUT2D eigenvalue weighted by Gasteiger charge is 2.30. The molecule has 0 bridgehead atoms. The van der Waals surface area contributed by atoms with E-state index < -0.39 is 6.03 Å². The number of urea groups is 1. The Balaban J connectivity index is 1.56. The summed E-state index contributed by atoms with van der Waals surface area (Å²) < 4.78 is 30.0. The molecule has 31 heavy (non-hydrogen) atoms. The number of hydrogen-bond acceptors (Lipinski definition) is 5. The van der Waals surface area contributed by atoms with Gasteiger partial charge in [0.25, 0.3) is 5.91 Å². The third-order valence-corrected chi connectivity index (χ3v) is 4.86. The molecule has 1 aliphatic heterocycles. The molecule has 1 saturated heterocycles. The summed E-state index contributed by atoms with van der Waals surface area (Å²) in [7, 11) is 0. The van der Waals surface area contributed by atoms with Crippen LogP contribution in [0.3, 0.4) is 0 Å². The van der Waals surface area contributed by atoms with Gasteiger partial charge in [0.2, 0.25) is 0 Å². The fourth-order valence-electron chi connectivity index (χ4n) is 3.07.